The Labute approximate surface area is 169 Å². The molecule has 3 aromatic rings. The first-order valence-corrected chi connectivity index (χ1v) is 9.81. The summed E-state index contributed by atoms with van der Waals surface area (Å²) in [5.74, 6) is 2.41. The van der Waals surface area contributed by atoms with Gasteiger partial charge in [-0.1, -0.05) is 18.2 Å². The molecule has 0 saturated carbocycles. The van der Waals surface area contributed by atoms with Crippen molar-refractivity contribution in [3.8, 4) is 23.0 Å². The molecule has 0 saturated heterocycles. The van der Waals surface area contributed by atoms with Crippen LogP contribution in [-0.4, -0.2) is 23.6 Å². The van der Waals surface area contributed by atoms with Gasteiger partial charge in [-0.05, 0) is 39.0 Å². The van der Waals surface area contributed by atoms with Crippen LogP contribution in [-0.2, 0) is 17.6 Å². The number of hydrogen-bond acceptors (Lipinski definition) is 5. The lowest BCUT2D eigenvalue weighted by Crippen LogP contribution is -2.16. The number of benzene rings is 2. The van der Waals surface area contributed by atoms with Crippen LogP contribution in [0.5, 0.6) is 11.5 Å². The number of oxazole rings is 1. The van der Waals surface area contributed by atoms with Gasteiger partial charge >= 0.3 is 0 Å². The number of carbonyl (C=O) groups is 1. The van der Waals surface area contributed by atoms with Gasteiger partial charge in [0.15, 0.2) is 0 Å². The van der Waals surface area contributed by atoms with Gasteiger partial charge in [0.25, 0.3) is 0 Å². The Bertz CT molecular complexity index is 1030. The number of anilines is 1. The molecule has 2 aromatic carbocycles. The van der Waals surface area contributed by atoms with Crippen LogP contribution in [0.2, 0.25) is 0 Å². The summed E-state index contributed by atoms with van der Waals surface area (Å²) in [5.41, 5.74) is 3.20. The van der Waals surface area contributed by atoms with Gasteiger partial charge in [-0.2, -0.15) is 0 Å². The SMILES string of the molecule is CCOc1cc2c(cc1NC(=O)Cc1nc(-c3ccccc3)oc1C)OC(C)C2. The van der Waals surface area contributed by atoms with Gasteiger partial charge in [0.05, 0.1) is 24.4 Å². The largest absolute Gasteiger partial charge is 0.492 e. The Kier molecular flexibility index (Phi) is 5.25. The molecular weight excluding hydrogens is 368 g/mol. The van der Waals surface area contributed by atoms with Gasteiger partial charge in [0, 0.05) is 23.6 Å². The van der Waals surface area contributed by atoms with Crippen molar-refractivity contribution in [2.24, 2.45) is 0 Å². The number of hydrogen-bond donors (Lipinski definition) is 1. The van der Waals surface area contributed by atoms with Crippen molar-refractivity contribution in [3.63, 3.8) is 0 Å². The number of aryl methyl sites for hydroxylation is 1. The quantitative estimate of drug-likeness (QED) is 0.666. The van der Waals surface area contributed by atoms with E-state index in [0.29, 0.717) is 35.4 Å². The van der Waals surface area contributed by atoms with Crippen LogP contribution in [0, 0.1) is 6.92 Å². The molecule has 1 unspecified atom stereocenters. The van der Waals surface area contributed by atoms with Gasteiger partial charge in [-0.15, -0.1) is 0 Å². The average molecular weight is 392 g/mol. The molecule has 1 amide bonds. The molecule has 6 nitrogen and oxygen atoms in total. The molecule has 29 heavy (non-hydrogen) atoms. The molecule has 1 atom stereocenters. The van der Waals surface area contributed by atoms with Gasteiger partial charge in [-0.3, -0.25) is 4.79 Å². The number of carbonyl (C=O) groups excluding carboxylic acids is 1. The fraction of sp³-hybridized carbons (Fsp3) is 0.304. The van der Waals surface area contributed by atoms with Crippen LogP contribution in [0.4, 0.5) is 5.69 Å². The number of nitrogens with one attached hydrogen (secondary N) is 1. The summed E-state index contributed by atoms with van der Waals surface area (Å²) in [4.78, 5) is 17.2. The minimum Gasteiger partial charge on any atom is -0.492 e. The molecule has 1 N–H and O–H groups in total. The maximum atomic E-state index is 12.7. The third kappa shape index (κ3) is 4.11. The first-order chi connectivity index (χ1) is 14.0. The second-order valence-electron chi connectivity index (χ2n) is 7.13. The number of ether oxygens (including phenoxy) is 2. The van der Waals surface area contributed by atoms with Crippen molar-refractivity contribution in [1.82, 2.24) is 4.98 Å². The fourth-order valence-electron chi connectivity index (χ4n) is 3.45. The Morgan fingerprint density at radius 1 is 1.28 bits per heavy atom. The third-order valence-corrected chi connectivity index (χ3v) is 4.81. The minimum atomic E-state index is -0.187. The molecule has 0 spiro atoms. The molecule has 0 aliphatic carbocycles. The lowest BCUT2D eigenvalue weighted by Gasteiger charge is -2.13. The van der Waals surface area contributed by atoms with Crippen LogP contribution in [0.25, 0.3) is 11.5 Å². The van der Waals surface area contributed by atoms with Crippen LogP contribution < -0.4 is 14.8 Å². The number of amides is 1. The van der Waals surface area contributed by atoms with E-state index in [1.54, 1.807) is 0 Å². The molecule has 1 aromatic heterocycles. The van der Waals surface area contributed by atoms with Crippen molar-refractivity contribution in [2.75, 3.05) is 11.9 Å². The molecule has 150 valence electrons. The second-order valence-corrected chi connectivity index (χ2v) is 7.13. The monoisotopic (exact) mass is 392 g/mol. The fourth-order valence-corrected chi connectivity index (χ4v) is 3.45. The molecule has 0 fully saturated rings. The van der Waals surface area contributed by atoms with E-state index >= 15 is 0 Å². The molecule has 6 heteroatoms. The lowest BCUT2D eigenvalue weighted by atomic mass is 10.1. The highest BCUT2D eigenvalue weighted by Crippen LogP contribution is 2.38. The minimum absolute atomic E-state index is 0.113. The van der Waals surface area contributed by atoms with E-state index in [9.17, 15) is 4.79 Å². The topological polar surface area (TPSA) is 73.6 Å². The van der Waals surface area contributed by atoms with Crippen molar-refractivity contribution >= 4 is 11.6 Å². The predicted molar refractivity (Wildman–Crippen MR) is 110 cm³/mol. The highest BCUT2D eigenvalue weighted by molar-refractivity contribution is 5.94. The van der Waals surface area contributed by atoms with E-state index in [1.807, 2.05) is 63.2 Å². The van der Waals surface area contributed by atoms with Gasteiger partial charge in [-0.25, -0.2) is 4.98 Å². The van der Waals surface area contributed by atoms with Gasteiger partial charge in [0.1, 0.15) is 23.4 Å². The normalized spacial score (nSPS) is 14.9. The Hall–Kier alpha value is -3.28. The second kappa shape index (κ2) is 7.99. The Morgan fingerprint density at radius 2 is 2.07 bits per heavy atom. The van der Waals surface area contributed by atoms with Crippen molar-refractivity contribution in [2.45, 2.75) is 39.7 Å². The van der Waals surface area contributed by atoms with E-state index in [4.69, 9.17) is 13.9 Å². The maximum absolute atomic E-state index is 12.7. The van der Waals surface area contributed by atoms with Gasteiger partial charge in [0.2, 0.25) is 11.8 Å². The van der Waals surface area contributed by atoms with Crippen LogP contribution >= 0.6 is 0 Å². The number of fused-ring (bicyclic) bond motifs is 1. The zero-order valence-corrected chi connectivity index (χ0v) is 16.8. The molecule has 2 heterocycles. The zero-order valence-electron chi connectivity index (χ0n) is 16.8. The zero-order chi connectivity index (χ0) is 20.4. The molecule has 1 aliphatic rings. The number of aromatic nitrogens is 1. The van der Waals surface area contributed by atoms with E-state index in [0.717, 1.165) is 23.3 Å². The molecule has 4 rings (SSSR count). The lowest BCUT2D eigenvalue weighted by molar-refractivity contribution is -0.115. The molecule has 1 aliphatic heterocycles. The summed E-state index contributed by atoms with van der Waals surface area (Å²) in [6.07, 6.45) is 1.08. The molecule has 0 radical (unpaired) electrons. The molecular formula is C23H24N2O4. The smallest absolute Gasteiger partial charge is 0.230 e. The highest BCUT2D eigenvalue weighted by Gasteiger charge is 2.23. The third-order valence-electron chi connectivity index (χ3n) is 4.81. The summed E-state index contributed by atoms with van der Waals surface area (Å²) in [5, 5.41) is 2.94. The summed E-state index contributed by atoms with van der Waals surface area (Å²) >= 11 is 0. The first-order valence-electron chi connectivity index (χ1n) is 9.81. The number of rotatable bonds is 6. The van der Waals surface area contributed by atoms with E-state index in [-0.39, 0.29) is 18.4 Å². The van der Waals surface area contributed by atoms with Crippen molar-refractivity contribution in [1.29, 1.82) is 0 Å². The summed E-state index contributed by atoms with van der Waals surface area (Å²) in [7, 11) is 0. The molecule has 0 bridgehead atoms. The van der Waals surface area contributed by atoms with Crippen molar-refractivity contribution in [3.05, 3.63) is 59.5 Å². The van der Waals surface area contributed by atoms with Gasteiger partial charge < -0.3 is 19.2 Å². The first kappa shape index (κ1) is 19.1. The summed E-state index contributed by atoms with van der Waals surface area (Å²) < 4.78 is 17.3. The average Bonchev–Trinajstić information content (AvgIpc) is 3.24. The van der Waals surface area contributed by atoms with E-state index in [1.165, 1.54) is 0 Å². The van der Waals surface area contributed by atoms with E-state index < -0.39 is 0 Å². The van der Waals surface area contributed by atoms with Crippen molar-refractivity contribution < 1.29 is 18.7 Å². The Balaban J connectivity index is 1.52. The van der Waals surface area contributed by atoms with Crippen LogP contribution in [0.3, 0.4) is 0 Å². The van der Waals surface area contributed by atoms with Crippen LogP contribution in [0.1, 0.15) is 30.9 Å². The van der Waals surface area contributed by atoms with Crippen LogP contribution in [0.15, 0.2) is 46.9 Å². The summed E-state index contributed by atoms with van der Waals surface area (Å²) in [6.45, 7) is 6.28. The maximum Gasteiger partial charge on any atom is 0.230 e. The number of nitrogens with zero attached hydrogens (tertiary/aromatic N) is 1. The standard InChI is InChI=1S/C23H24N2O4/c1-4-27-21-11-17-10-14(2)28-20(17)12-19(21)24-22(26)13-18-15(3)29-23(25-18)16-8-6-5-7-9-16/h5-9,11-12,14H,4,10,13H2,1-3H3,(H,24,26). The summed E-state index contributed by atoms with van der Waals surface area (Å²) in [6, 6.07) is 13.4. The van der Waals surface area contributed by atoms with E-state index in [2.05, 4.69) is 10.3 Å². The predicted octanol–water partition coefficient (Wildman–Crippen LogP) is 4.55. The Morgan fingerprint density at radius 3 is 2.83 bits per heavy atom. The highest BCUT2D eigenvalue weighted by atomic mass is 16.5.